The van der Waals surface area contributed by atoms with Crippen LogP contribution in [0.5, 0.6) is 11.5 Å². The van der Waals surface area contributed by atoms with E-state index < -0.39 is 4.92 Å². The molecular formula is C28H33N3O5. The van der Waals surface area contributed by atoms with Gasteiger partial charge in [-0.3, -0.25) is 14.9 Å². The second-order valence-corrected chi connectivity index (χ2v) is 11.0. The van der Waals surface area contributed by atoms with Crippen molar-refractivity contribution in [1.29, 1.82) is 0 Å². The van der Waals surface area contributed by atoms with Crippen LogP contribution >= 0.6 is 0 Å². The summed E-state index contributed by atoms with van der Waals surface area (Å²) in [7, 11) is 1.59. The van der Waals surface area contributed by atoms with Gasteiger partial charge in [-0.25, -0.2) is 5.43 Å². The number of amides is 1. The van der Waals surface area contributed by atoms with Gasteiger partial charge in [0.25, 0.3) is 5.69 Å². The van der Waals surface area contributed by atoms with Crippen LogP contribution in [-0.4, -0.2) is 24.2 Å². The van der Waals surface area contributed by atoms with E-state index in [1.54, 1.807) is 32.4 Å². The molecule has 0 atom stereocenters. The van der Waals surface area contributed by atoms with Crippen molar-refractivity contribution in [3.63, 3.8) is 0 Å². The normalized spacial score (nSPS) is 26.2. The predicted octanol–water partition coefficient (Wildman–Crippen LogP) is 5.55. The molecule has 190 valence electrons. The number of benzene rings is 2. The SMILES string of the molecule is COc1ccc(/C=N/NC(=O)CC23CC4CC(CC(C4)C2)C3)cc1COc1ccc([N+](=O)[O-])c(C)c1. The molecule has 0 radical (unpaired) electrons. The fourth-order valence-electron chi connectivity index (χ4n) is 7.14. The number of nitro groups is 1. The van der Waals surface area contributed by atoms with Gasteiger partial charge in [0.05, 0.1) is 18.2 Å². The van der Waals surface area contributed by atoms with E-state index in [1.807, 2.05) is 18.2 Å². The van der Waals surface area contributed by atoms with E-state index in [4.69, 9.17) is 9.47 Å². The monoisotopic (exact) mass is 491 g/mol. The summed E-state index contributed by atoms with van der Waals surface area (Å²) >= 11 is 0. The lowest BCUT2D eigenvalue weighted by Gasteiger charge is -2.56. The first-order valence-electron chi connectivity index (χ1n) is 12.7. The molecule has 0 aromatic heterocycles. The third kappa shape index (κ3) is 5.22. The van der Waals surface area contributed by atoms with Crippen LogP contribution in [0.3, 0.4) is 0 Å². The third-order valence-corrected chi connectivity index (χ3v) is 8.17. The van der Waals surface area contributed by atoms with E-state index in [9.17, 15) is 14.9 Å². The number of hydrazone groups is 1. The molecule has 1 amide bonds. The number of rotatable bonds is 9. The van der Waals surface area contributed by atoms with Gasteiger partial charge in [-0.05, 0) is 105 Å². The molecule has 0 heterocycles. The van der Waals surface area contributed by atoms with Gasteiger partial charge < -0.3 is 9.47 Å². The number of ether oxygens (including phenoxy) is 2. The summed E-state index contributed by atoms with van der Waals surface area (Å²) < 4.78 is 11.3. The average Bonchev–Trinajstić information content (AvgIpc) is 2.81. The number of nitrogens with one attached hydrogen (secondary N) is 1. The molecule has 0 aliphatic heterocycles. The van der Waals surface area contributed by atoms with Crippen LogP contribution in [0, 0.1) is 40.2 Å². The number of nitrogens with zero attached hydrogens (tertiary/aromatic N) is 2. The first-order valence-corrected chi connectivity index (χ1v) is 12.7. The molecule has 0 unspecified atom stereocenters. The minimum Gasteiger partial charge on any atom is -0.496 e. The lowest BCUT2D eigenvalue weighted by molar-refractivity contribution is -0.385. The van der Waals surface area contributed by atoms with E-state index in [1.165, 1.54) is 44.6 Å². The predicted molar refractivity (Wildman–Crippen MR) is 136 cm³/mol. The van der Waals surface area contributed by atoms with Gasteiger partial charge >= 0.3 is 0 Å². The fraction of sp³-hybridized carbons (Fsp3) is 0.500. The van der Waals surface area contributed by atoms with Crippen molar-refractivity contribution in [2.45, 2.75) is 58.5 Å². The van der Waals surface area contributed by atoms with Crippen molar-refractivity contribution >= 4 is 17.8 Å². The highest BCUT2D eigenvalue weighted by Crippen LogP contribution is 2.61. The second kappa shape index (κ2) is 9.91. The van der Waals surface area contributed by atoms with Crippen LogP contribution in [0.15, 0.2) is 41.5 Å². The Morgan fingerprint density at radius 1 is 1.14 bits per heavy atom. The number of aryl methyl sites for hydroxylation is 1. The van der Waals surface area contributed by atoms with Crippen LogP contribution in [0.2, 0.25) is 0 Å². The number of methoxy groups -OCH3 is 1. The third-order valence-electron chi connectivity index (χ3n) is 8.17. The lowest BCUT2D eigenvalue weighted by atomic mass is 9.49. The van der Waals surface area contributed by atoms with Crippen LogP contribution < -0.4 is 14.9 Å². The molecule has 1 N–H and O–H groups in total. The van der Waals surface area contributed by atoms with Crippen LogP contribution in [0.4, 0.5) is 5.69 Å². The van der Waals surface area contributed by atoms with Crippen LogP contribution in [0.1, 0.15) is 61.6 Å². The summed E-state index contributed by atoms with van der Waals surface area (Å²) in [5.41, 5.74) is 5.14. The highest BCUT2D eigenvalue weighted by atomic mass is 16.6. The Kier molecular flexibility index (Phi) is 6.69. The summed E-state index contributed by atoms with van der Waals surface area (Å²) in [5.74, 6) is 3.67. The Hall–Kier alpha value is -3.42. The molecule has 0 spiro atoms. The minimum absolute atomic E-state index is 0.00110. The van der Waals surface area contributed by atoms with E-state index in [0.717, 1.165) is 28.9 Å². The maximum Gasteiger partial charge on any atom is 0.272 e. The van der Waals surface area contributed by atoms with Crippen molar-refractivity contribution in [2.24, 2.45) is 28.3 Å². The van der Waals surface area contributed by atoms with Gasteiger partial charge in [-0.2, -0.15) is 5.10 Å². The number of hydrogen-bond acceptors (Lipinski definition) is 6. The molecule has 4 saturated carbocycles. The fourth-order valence-corrected chi connectivity index (χ4v) is 7.14. The Balaban J connectivity index is 1.19. The van der Waals surface area contributed by atoms with Crippen LogP contribution in [-0.2, 0) is 11.4 Å². The van der Waals surface area contributed by atoms with Gasteiger partial charge in [0.15, 0.2) is 0 Å². The van der Waals surface area contributed by atoms with Gasteiger partial charge in [-0.15, -0.1) is 0 Å². The summed E-state index contributed by atoms with van der Waals surface area (Å²) in [4.78, 5) is 23.4. The zero-order valence-corrected chi connectivity index (χ0v) is 20.9. The second-order valence-electron chi connectivity index (χ2n) is 11.0. The quantitative estimate of drug-likeness (QED) is 0.281. The number of carbonyl (C=O) groups is 1. The molecule has 36 heavy (non-hydrogen) atoms. The Labute approximate surface area is 211 Å². The molecular weight excluding hydrogens is 458 g/mol. The topological polar surface area (TPSA) is 103 Å². The molecule has 4 aliphatic carbocycles. The maximum atomic E-state index is 12.7. The van der Waals surface area contributed by atoms with Gasteiger partial charge in [0, 0.05) is 23.6 Å². The minimum atomic E-state index is -0.410. The molecule has 4 aliphatic rings. The first kappa shape index (κ1) is 24.3. The van der Waals surface area contributed by atoms with E-state index in [2.05, 4.69) is 10.5 Å². The van der Waals surface area contributed by atoms with Crippen molar-refractivity contribution in [1.82, 2.24) is 5.43 Å². The van der Waals surface area contributed by atoms with Crippen molar-refractivity contribution in [2.75, 3.05) is 7.11 Å². The maximum absolute atomic E-state index is 12.7. The summed E-state index contributed by atoms with van der Waals surface area (Å²) in [5, 5.41) is 15.3. The number of nitro benzene ring substituents is 1. The zero-order valence-electron chi connectivity index (χ0n) is 20.9. The molecule has 2 aromatic rings. The summed E-state index contributed by atoms with van der Waals surface area (Å²) in [6, 6.07) is 10.3. The zero-order chi connectivity index (χ0) is 25.3. The molecule has 2 aromatic carbocycles. The van der Waals surface area contributed by atoms with Crippen LogP contribution in [0.25, 0.3) is 0 Å². The van der Waals surface area contributed by atoms with E-state index >= 15 is 0 Å². The molecule has 6 rings (SSSR count). The standard InChI is InChI=1S/C28H33N3O5/c1-18-7-24(4-5-25(18)31(33)34)36-17-23-11-19(3-6-26(23)35-2)16-29-30-27(32)15-28-12-20-8-21(13-28)10-22(9-20)14-28/h3-7,11,16,20-22H,8-10,12-15,17H2,1-2H3,(H,30,32)/b29-16+. The van der Waals surface area contributed by atoms with Gasteiger partial charge in [-0.1, -0.05) is 0 Å². The molecule has 8 nitrogen and oxygen atoms in total. The summed E-state index contributed by atoms with van der Waals surface area (Å²) in [6.07, 6.45) is 9.91. The average molecular weight is 492 g/mol. The smallest absolute Gasteiger partial charge is 0.272 e. The lowest BCUT2D eigenvalue weighted by Crippen LogP contribution is -2.47. The van der Waals surface area contributed by atoms with E-state index in [-0.39, 0.29) is 23.6 Å². The van der Waals surface area contributed by atoms with Gasteiger partial charge in [0.1, 0.15) is 18.1 Å². The highest BCUT2D eigenvalue weighted by molar-refractivity contribution is 5.83. The highest BCUT2D eigenvalue weighted by Gasteiger charge is 2.51. The van der Waals surface area contributed by atoms with Crippen molar-refractivity contribution in [3.8, 4) is 11.5 Å². The molecule has 8 heteroatoms. The summed E-state index contributed by atoms with van der Waals surface area (Å²) in [6.45, 7) is 1.90. The number of hydrogen-bond donors (Lipinski definition) is 1. The Morgan fingerprint density at radius 3 is 2.44 bits per heavy atom. The first-order chi connectivity index (χ1) is 17.3. The van der Waals surface area contributed by atoms with Crippen molar-refractivity contribution < 1.29 is 19.2 Å². The molecule has 4 fully saturated rings. The molecule has 0 saturated heterocycles. The molecule has 4 bridgehead atoms. The Morgan fingerprint density at radius 2 is 1.83 bits per heavy atom. The van der Waals surface area contributed by atoms with Gasteiger partial charge in [0.2, 0.25) is 5.91 Å². The number of carbonyl (C=O) groups excluding carboxylic acids is 1. The van der Waals surface area contributed by atoms with E-state index in [0.29, 0.717) is 23.5 Å². The largest absolute Gasteiger partial charge is 0.496 e. The Bertz CT molecular complexity index is 1160. The van der Waals surface area contributed by atoms with Crippen molar-refractivity contribution in [3.05, 3.63) is 63.2 Å².